The van der Waals surface area contributed by atoms with Crippen molar-refractivity contribution in [3.63, 3.8) is 0 Å². The maximum atomic E-state index is 12.6. The summed E-state index contributed by atoms with van der Waals surface area (Å²) < 4.78 is 11.3. The van der Waals surface area contributed by atoms with Crippen molar-refractivity contribution in [1.82, 2.24) is 20.6 Å². The molecule has 0 spiro atoms. The topological polar surface area (TPSA) is 112 Å². The van der Waals surface area contributed by atoms with Gasteiger partial charge in [0.05, 0.1) is 19.6 Å². The first-order valence-electron chi connectivity index (χ1n) is 8.24. The number of aromatic nitrogens is 2. The summed E-state index contributed by atoms with van der Waals surface area (Å²) in [5, 5.41) is 4.75. The zero-order chi connectivity index (χ0) is 20.3. The van der Waals surface area contributed by atoms with Crippen LogP contribution in [0.15, 0.2) is 47.3 Å². The summed E-state index contributed by atoms with van der Waals surface area (Å²) in [6.45, 7) is 0. The van der Waals surface area contributed by atoms with Crippen LogP contribution in [0, 0.1) is 0 Å². The van der Waals surface area contributed by atoms with Gasteiger partial charge in [0.15, 0.2) is 5.69 Å². The Morgan fingerprint density at radius 3 is 2.11 bits per heavy atom. The Morgan fingerprint density at radius 2 is 1.50 bits per heavy atom. The molecule has 0 bridgehead atoms. The van der Waals surface area contributed by atoms with Gasteiger partial charge in [0, 0.05) is 24.1 Å². The number of nitrogens with zero attached hydrogens (tertiary/aromatic N) is 2. The Balaban J connectivity index is 1.83. The number of aryl methyl sites for hydroxylation is 1. The number of rotatable bonds is 4. The fourth-order valence-electron chi connectivity index (χ4n) is 2.65. The number of fused-ring (bicyclic) bond motifs is 1. The van der Waals surface area contributed by atoms with E-state index in [1.165, 1.54) is 33.4 Å². The summed E-state index contributed by atoms with van der Waals surface area (Å²) in [5.74, 6) is -0.363. The van der Waals surface area contributed by atoms with E-state index < -0.39 is 11.8 Å². The molecule has 1 heterocycles. The Labute approximate surface area is 159 Å². The van der Waals surface area contributed by atoms with Crippen LogP contribution in [-0.2, 0) is 7.05 Å². The van der Waals surface area contributed by atoms with Gasteiger partial charge < -0.3 is 9.47 Å². The van der Waals surface area contributed by atoms with E-state index in [1.807, 2.05) is 0 Å². The molecule has 0 unspecified atom stereocenters. The lowest BCUT2D eigenvalue weighted by molar-refractivity contribution is 0.0843. The lowest BCUT2D eigenvalue weighted by Crippen LogP contribution is -2.42. The van der Waals surface area contributed by atoms with E-state index in [0.29, 0.717) is 22.3 Å². The zero-order valence-corrected chi connectivity index (χ0v) is 15.5. The van der Waals surface area contributed by atoms with Crippen molar-refractivity contribution in [3.8, 4) is 11.5 Å². The number of hydrazine groups is 1. The highest BCUT2D eigenvalue weighted by Gasteiger charge is 2.17. The van der Waals surface area contributed by atoms with Gasteiger partial charge in [0.2, 0.25) is 0 Å². The van der Waals surface area contributed by atoms with Crippen LogP contribution >= 0.6 is 0 Å². The average molecular weight is 382 g/mol. The number of amides is 2. The molecule has 9 heteroatoms. The first-order chi connectivity index (χ1) is 13.4. The highest BCUT2D eigenvalue weighted by Crippen LogP contribution is 2.22. The maximum Gasteiger partial charge on any atom is 0.290 e. The molecule has 2 aromatic carbocycles. The summed E-state index contributed by atoms with van der Waals surface area (Å²) in [6.07, 6.45) is 0. The molecule has 2 N–H and O–H groups in total. The van der Waals surface area contributed by atoms with Crippen molar-refractivity contribution in [2.45, 2.75) is 0 Å². The predicted molar refractivity (Wildman–Crippen MR) is 101 cm³/mol. The molecule has 0 saturated carbocycles. The molecule has 0 atom stereocenters. The second kappa shape index (κ2) is 7.78. The molecule has 0 saturated heterocycles. The van der Waals surface area contributed by atoms with Crippen LogP contribution in [0.3, 0.4) is 0 Å². The summed E-state index contributed by atoms with van der Waals surface area (Å²) in [7, 11) is 4.38. The number of benzene rings is 2. The number of carbonyl (C=O) groups excluding carboxylic acids is 2. The van der Waals surface area contributed by atoms with Gasteiger partial charge in [-0.25, -0.2) is 4.68 Å². The number of hydrogen-bond donors (Lipinski definition) is 2. The third-order valence-corrected chi connectivity index (χ3v) is 4.07. The molecule has 1 aromatic heterocycles. The van der Waals surface area contributed by atoms with Crippen molar-refractivity contribution < 1.29 is 19.1 Å². The van der Waals surface area contributed by atoms with Gasteiger partial charge in [-0.15, -0.1) is 0 Å². The largest absolute Gasteiger partial charge is 0.497 e. The molecule has 2 amide bonds. The van der Waals surface area contributed by atoms with E-state index in [2.05, 4.69) is 16.0 Å². The van der Waals surface area contributed by atoms with Crippen LogP contribution in [0.1, 0.15) is 20.8 Å². The van der Waals surface area contributed by atoms with Crippen molar-refractivity contribution in [3.05, 3.63) is 64.1 Å². The Bertz CT molecular complexity index is 1100. The first kappa shape index (κ1) is 18.9. The quantitative estimate of drug-likeness (QED) is 0.652. The molecule has 0 aliphatic carbocycles. The van der Waals surface area contributed by atoms with Gasteiger partial charge in [-0.2, -0.15) is 5.10 Å². The van der Waals surface area contributed by atoms with Crippen LogP contribution in [0.5, 0.6) is 11.5 Å². The fraction of sp³-hybridized carbons (Fsp3) is 0.158. The number of hydrogen-bond acceptors (Lipinski definition) is 6. The minimum absolute atomic E-state index is 0.0150. The normalized spacial score (nSPS) is 10.4. The Hall–Kier alpha value is -3.88. The van der Waals surface area contributed by atoms with E-state index >= 15 is 0 Å². The second-order valence-corrected chi connectivity index (χ2v) is 5.83. The number of methoxy groups -OCH3 is 2. The molecule has 9 nitrogen and oxygen atoms in total. The minimum Gasteiger partial charge on any atom is -0.497 e. The van der Waals surface area contributed by atoms with E-state index in [-0.39, 0.29) is 16.8 Å². The molecule has 0 aliphatic heterocycles. The molecule has 0 radical (unpaired) electrons. The first-order valence-corrected chi connectivity index (χ1v) is 8.24. The van der Waals surface area contributed by atoms with Crippen molar-refractivity contribution in [2.75, 3.05) is 14.2 Å². The SMILES string of the molecule is COc1cc(OC)cc(C(=O)NNC(=O)c2nn(C)c(=O)c3ccccc23)c1. The molecule has 0 fully saturated rings. The smallest absolute Gasteiger partial charge is 0.290 e. The highest BCUT2D eigenvalue weighted by atomic mass is 16.5. The standard InChI is InChI=1S/C19H18N4O5/c1-23-19(26)15-7-5-4-6-14(15)16(22-23)18(25)21-20-17(24)11-8-12(27-2)10-13(9-11)28-3/h4-10H,1-3H3,(H,20,24)(H,21,25). The average Bonchev–Trinajstić information content (AvgIpc) is 2.73. The van der Waals surface area contributed by atoms with Gasteiger partial charge in [0.25, 0.3) is 17.4 Å². The van der Waals surface area contributed by atoms with Gasteiger partial charge >= 0.3 is 0 Å². The number of carbonyl (C=O) groups is 2. The van der Waals surface area contributed by atoms with Gasteiger partial charge in [-0.1, -0.05) is 18.2 Å². The van der Waals surface area contributed by atoms with Crippen molar-refractivity contribution >= 4 is 22.6 Å². The molecule has 3 aromatic rings. The number of nitrogens with one attached hydrogen (secondary N) is 2. The molecule has 0 aliphatic rings. The lowest BCUT2D eigenvalue weighted by atomic mass is 10.1. The fourth-order valence-corrected chi connectivity index (χ4v) is 2.65. The van der Waals surface area contributed by atoms with Gasteiger partial charge in [-0.05, 0) is 18.2 Å². The molecule has 28 heavy (non-hydrogen) atoms. The van der Waals surface area contributed by atoms with Crippen LogP contribution in [0.4, 0.5) is 0 Å². The molecular formula is C19H18N4O5. The van der Waals surface area contributed by atoms with E-state index in [4.69, 9.17) is 9.47 Å². The minimum atomic E-state index is -0.657. The predicted octanol–water partition coefficient (Wildman–Crippen LogP) is 1.03. The van der Waals surface area contributed by atoms with E-state index in [0.717, 1.165) is 4.68 Å². The van der Waals surface area contributed by atoms with Crippen molar-refractivity contribution in [2.24, 2.45) is 7.05 Å². The zero-order valence-electron chi connectivity index (χ0n) is 15.5. The van der Waals surface area contributed by atoms with Crippen LogP contribution in [0.25, 0.3) is 10.8 Å². The van der Waals surface area contributed by atoms with Gasteiger partial charge in [0.1, 0.15) is 11.5 Å². The van der Waals surface area contributed by atoms with Crippen molar-refractivity contribution in [1.29, 1.82) is 0 Å². The maximum absolute atomic E-state index is 12.6. The summed E-state index contributed by atoms with van der Waals surface area (Å²) >= 11 is 0. The Kier molecular flexibility index (Phi) is 5.25. The Morgan fingerprint density at radius 1 is 0.929 bits per heavy atom. The molecule has 3 rings (SSSR count). The third kappa shape index (κ3) is 3.63. The van der Waals surface area contributed by atoms with Gasteiger partial charge in [-0.3, -0.25) is 25.2 Å². The second-order valence-electron chi connectivity index (χ2n) is 5.83. The number of ether oxygens (including phenoxy) is 2. The highest BCUT2D eigenvalue weighted by molar-refractivity contribution is 6.06. The van der Waals surface area contributed by atoms with Crippen LogP contribution in [0.2, 0.25) is 0 Å². The lowest BCUT2D eigenvalue weighted by Gasteiger charge is -2.11. The summed E-state index contributed by atoms with van der Waals surface area (Å²) in [6, 6.07) is 11.2. The molecular weight excluding hydrogens is 364 g/mol. The third-order valence-electron chi connectivity index (χ3n) is 4.07. The summed E-state index contributed by atoms with van der Waals surface area (Å²) in [5.41, 5.74) is 4.56. The molecule has 144 valence electrons. The summed E-state index contributed by atoms with van der Waals surface area (Å²) in [4.78, 5) is 37.1. The van der Waals surface area contributed by atoms with Crippen LogP contribution < -0.4 is 25.9 Å². The van der Waals surface area contributed by atoms with E-state index in [1.54, 1.807) is 30.3 Å². The van der Waals surface area contributed by atoms with Crippen LogP contribution in [-0.4, -0.2) is 35.8 Å². The van der Waals surface area contributed by atoms with E-state index in [9.17, 15) is 14.4 Å². The monoisotopic (exact) mass is 382 g/mol.